The molecule has 2 aromatic rings. The van der Waals surface area contributed by atoms with Gasteiger partial charge in [-0.05, 0) is 24.3 Å². The minimum Gasteiger partial charge on any atom is -0.484 e. The van der Waals surface area contributed by atoms with Crippen molar-refractivity contribution in [3.63, 3.8) is 0 Å². The summed E-state index contributed by atoms with van der Waals surface area (Å²) in [4.78, 5) is 15.5. The van der Waals surface area contributed by atoms with E-state index in [-0.39, 0.29) is 12.5 Å². The third-order valence-electron chi connectivity index (χ3n) is 2.45. The van der Waals surface area contributed by atoms with Gasteiger partial charge in [0.2, 0.25) is 11.7 Å². The first-order chi connectivity index (χ1) is 9.69. The molecule has 0 fully saturated rings. The maximum Gasteiger partial charge on any atom is 0.258 e. The van der Waals surface area contributed by atoms with Crippen LogP contribution >= 0.6 is 0 Å². The summed E-state index contributed by atoms with van der Waals surface area (Å²) in [6.07, 6.45) is 1.61. The molecule has 0 saturated heterocycles. The number of hydrogen-bond acceptors (Lipinski definition) is 5. The van der Waals surface area contributed by atoms with Crippen LogP contribution in [0.3, 0.4) is 0 Å². The summed E-state index contributed by atoms with van der Waals surface area (Å²) in [5, 5.41) is 6.45. The van der Waals surface area contributed by atoms with Crippen molar-refractivity contribution in [3.8, 4) is 17.1 Å². The second-order valence-electron chi connectivity index (χ2n) is 4.04. The third-order valence-corrected chi connectivity index (χ3v) is 2.45. The lowest BCUT2D eigenvalue weighted by Crippen LogP contribution is -2.28. The van der Waals surface area contributed by atoms with Gasteiger partial charge in [-0.15, -0.1) is 6.58 Å². The standard InChI is InChI=1S/C14H15N3O3/c1-3-8-15-13(18)9-19-12-6-4-11(5-7-12)14-16-10(2)20-17-14/h3-7H,1,8-9H2,2H3,(H,15,18). The molecular formula is C14H15N3O3. The van der Waals surface area contributed by atoms with Crippen molar-refractivity contribution in [2.24, 2.45) is 0 Å². The van der Waals surface area contributed by atoms with Gasteiger partial charge < -0.3 is 14.6 Å². The average molecular weight is 273 g/mol. The fourth-order valence-electron chi connectivity index (χ4n) is 1.50. The van der Waals surface area contributed by atoms with Crippen LogP contribution in [0.5, 0.6) is 5.75 Å². The summed E-state index contributed by atoms with van der Waals surface area (Å²) in [5.41, 5.74) is 0.824. The van der Waals surface area contributed by atoms with Crippen LogP contribution in [0.25, 0.3) is 11.4 Å². The van der Waals surface area contributed by atoms with E-state index in [4.69, 9.17) is 9.26 Å². The molecule has 0 aliphatic heterocycles. The van der Waals surface area contributed by atoms with Gasteiger partial charge in [-0.1, -0.05) is 11.2 Å². The number of benzene rings is 1. The van der Waals surface area contributed by atoms with Gasteiger partial charge >= 0.3 is 0 Å². The van der Waals surface area contributed by atoms with Crippen molar-refractivity contribution in [2.45, 2.75) is 6.92 Å². The fourth-order valence-corrected chi connectivity index (χ4v) is 1.50. The van der Waals surface area contributed by atoms with E-state index in [2.05, 4.69) is 22.0 Å². The van der Waals surface area contributed by atoms with Crippen LogP contribution in [0.4, 0.5) is 0 Å². The van der Waals surface area contributed by atoms with Gasteiger partial charge in [0.1, 0.15) is 5.75 Å². The fraction of sp³-hybridized carbons (Fsp3) is 0.214. The van der Waals surface area contributed by atoms with Gasteiger partial charge in [0.15, 0.2) is 6.61 Å². The summed E-state index contributed by atoms with van der Waals surface area (Å²) in [6, 6.07) is 7.12. The Morgan fingerprint density at radius 1 is 1.45 bits per heavy atom. The Kier molecular flexibility index (Phi) is 4.49. The number of aryl methyl sites for hydroxylation is 1. The van der Waals surface area contributed by atoms with Gasteiger partial charge in [0.05, 0.1) is 0 Å². The smallest absolute Gasteiger partial charge is 0.258 e. The predicted molar refractivity (Wildman–Crippen MR) is 73.2 cm³/mol. The van der Waals surface area contributed by atoms with Gasteiger partial charge in [0.25, 0.3) is 5.91 Å². The molecule has 0 saturated carbocycles. The second kappa shape index (κ2) is 6.51. The van der Waals surface area contributed by atoms with E-state index in [1.807, 2.05) is 0 Å². The van der Waals surface area contributed by atoms with Crippen LogP contribution < -0.4 is 10.1 Å². The Hall–Kier alpha value is -2.63. The predicted octanol–water partition coefficient (Wildman–Crippen LogP) is 1.73. The van der Waals surface area contributed by atoms with Crippen LogP contribution in [0.2, 0.25) is 0 Å². The summed E-state index contributed by atoms with van der Waals surface area (Å²) in [6.45, 7) is 5.64. The molecule has 104 valence electrons. The first-order valence-electron chi connectivity index (χ1n) is 6.10. The highest BCUT2D eigenvalue weighted by atomic mass is 16.5. The van der Waals surface area contributed by atoms with Gasteiger partial charge in [-0.2, -0.15) is 4.98 Å². The molecule has 0 bridgehead atoms. The van der Waals surface area contributed by atoms with Crippen LogP contribution in [-0.4, -0.2) is 29.2 Å². The van der Waals surface area contributed by atoms with Gasteiger partial charge in [-0.25, -0.2) is 0 Å². The number of nitrogens with one attached hydrogen (secondary N) is 1. The van der Waals surface area contributed by atoms with E-state index in [0.29, 0.717) is 24.0 Å². The number of ether oxygens (including phenoxy) is 1. The molecule has 6 heteroatoms. The Bertz CT molecular complexity index is 590. The summed E-state index contributed by atoms with van der Waals surface area (Å²) in [5.74, 6) is 1.45. The van der Waals surface area contributed by atoms with E-state index in [9.17, 15) is 4.79 Å². The highest BCUT2D eigenvalue weighted by Crippen LogP contribution is 2.19. The average Bonchev–Trinajstić information content (AvgIpc) is 2.90. The topological polar surface area (TPSA) is 77.2 Å². The highest BCUT2D eigenvalue weighted by molar-refractivity contribution is 5.77. The maximum atomic E-state index is 11.4. The monoisotopic (exact) mass is 273 g/mol. The number of aromatic nitrogens is 2. The molecule has 0 aliphatic rings. The maximum absolute atomic E-state index is 11.4. The van der Waals surface area contributed by atoms with Gasteiger partial charge in [-0.3, -0.25) is 4.79 Å². The Labute approximate surface area is 116 Å². The third kappa shape index (κ3) is 3.68. The zero-order chi connectivity index (χ0) is 14.4. The van der Waals surface area contributed by atoms with E-state index in [1.165, 1.54) is 0 Å². The number of hydrogen-bond donors (Lipinski definition) is 1. The first-order valence-corrected chi connectivity index (χ1v) is 6.10. The molecule has 2 rings (SSSR count). The molecule has 1 N–H and O–H groups in total. The van der Waals surface area contributed by atoms with E-state index in [0.717, 1.165) is 5.56 Å². The van der Waals surface area contributed by atoms with Crippen LogP contribution in [-0.2, 0) is 4.79 Å². The molecule has 6 nitrogen and oxygen atoms in total. The Morgan fingerprint density at radius 2 is 2.20 bits per heavy atom. The number of carbonyl (C=O) groups excluding carboxylic acids is 1. The molecule has 1 aromatic carbocycles. The van der Waals surface area contributed by atoms with E-state index >= 15 is 0 Å². The van der Waals surface area contributed by atoms with Crippen LogP contribution in [0.1, 0.15) is 5.89 Å². The van der Waals surface area contributed by atoms with E-state index in [1.54, 1.807) is 37.3 Å². The normalized spacial score (nSPS) is 10.1. The minimum absolute atomic E-state index is 0.0332. The SMILES string of the molecule is C=CCNC(=O)COc1ccc(-c2noc(C)n2)cc1. The molecule has 0 aliphatic carbocycles. The second-order valence-corrected chi connectivity index (χ2v) is 4.04. The lowest BCUT2D eigenvalue weighted by molar-refractivity contribution is -0.122. The van der Waals surface area contributed by atoms with Crippen molar-refractivity contribution in [3.05, 3.63) is 42.8 Å². The molecule has 0 unspecified atom stereocenters. The van der Waals surface area contributed by atoms with Crippen molar-refractivity contribution in [1.82, 2.24) is 15.5 Å². The van der Waals surface area contributed by atoms with Crippen molar-refractivity contribution in [1.29, 1.82) is 0 Å². The number of rotatable bonds is 6. The van der Waals surface area contributed by atoms with Gasteiger partial charge in [0, 0.05) is 19.0 Å². The van der Waals surface area contributed by atoms with Crippen LogP contribution in [0, 0.1) is 6.92 Å². The molecule has 1 amide bonds. The molecule has 1 heterocycles. The molecular weight excluding hydrogens is 258 g/mol. The molecule has 1 aromatic heterocycles. The highest BCUT2D eigenvalue weighted by Gasteiger charge is 2.06. The van der Waals surface area contributed by atoms with Crippen molar-refractivity contribution >= 4 is 5.91 Å². The summed E-state index contributed by atoms with van der Waals surface area (Å²) >= 11 is 0. The molecule has 0 radical (unpaired) electrons. The van der Waals surface area contributed by atoms with Crippen molar-refractivity contribution < 1.29 is 14.1 Å². The molecule has 20 heavy (non-hydrogen) atoms. The van der Waals surface area contributed by atoms with Crippen molar-refractivity contribution in [2.75, 3.05) is 13.2 Å². The number of amides is 1. The number of nitrogens with zero attached hydrogens (tertiary/aromatic N) is 2. The quantitative estimate of drug-likeness (QED) is 0.811. The van der Waals surface area contributed by atoms with Crippen LogP contribution in [0.15, 0.2) is 41.4 Å². The summed E-state index contributed by atoms with van der Waals surface area (Å²) in [7, 11) is 0. The zero-order valence-electron chi connectivity index (χ0n) is 11.1. The summed E-state index contributed by atoms with van der Waals surface area (Å²) < 4.78 is 10.3. The lowest BCUT2D eigenvalue weighted by Gasteiger charge is -2.06. The Balaban J connectivity index is 1.91. The Morgan fingerprint density at radius 3 is 2.80 bits per heavy atom. The zero-order valence-corrected chi connectivity index (χ0v) is 11.1. The minimum atomic E-state index is -0.192. The largest absolute Gasteiger partial charge is 0.484 e. The molecule has 0 atom stereocenters. The first kappa shape index (κ1) is 13.8. The lowest BCUT2D eigenvalue weighted by atomic mass is 10.2. The van der Waals surface area contributed by atoms with E-state index < -0.39 is 0 Å². The molecule has 0 spiro atoms. The number of carbonyl (C=O) groups is 1.